The molecule has 1 aromatic heterocycles. The van der Waals surface area contributed by atoms with E-state index in [-0.39, 0.29) is 0 Å². The molecule has 1 heterocycles. The van der Waals surface area contributed by atoms with Gasteiger partial charge in [-0.15, -0.1) is 11.6 Å². The number of benzene rings is 1. The Morgan fingerprint density at radius 2 is 2.06 bits per heavy atom. The van der Waals surface area contributed by atoms with E-state index in [0.717, 1.165) is 30.3 Å². The van der Waals surface area contributed by atoms with Gasteiger partial charge in [-0.25, -0.2) is 4.98 Å². The molecule has 0 unspecified atom stereocenters. The number of hydrogen-bond donors (Lipinski definition) is 0. The van der Waals surface area contributed by atoms with Crippen molar-refractivity contribution < 1.29 is 0 Å². The molecule has 0 saturated carbocycles. The second-order valence-electron chi connectivity index (χ2n) is 4.11. The molecule has 1 nitrogen and oxygen atoms in total. The zero-order chi connectivity index (χ0) is 12.3. The number of aryl methyl sites for hydroxylation is 2. The number of rotatable bonds is 4. The van der Waals surface area contributed by atoms with E-state index in [1.165, 1.54) is 10.9 Å². The molecule has 0 spiro atoms. The maximum Gasteiger partial charge on any atom is 0.132 e. The van der Waals surface area contributed by atoms with E-state index < -0.39 is 0 Å². The molecule has 0 aliphatic carbocycles. The van der Waals surface area contributed by atoms with Crippen LogP contribution in [-0.4, -0.2) is 10.9 Å². The molecule has 2 rings (SSSR count). The molecule has 17 heavy (non-hydrogen) atoms. The molecule has 0 atom stereocenters. The summed E-state index contributed by atoms with van der Waals surface area (Å²) in [7, 11) is 0. The number of pyridine rings is 1. The fourth-order valence-electron chi connectivity index (χ4n) is 1.90. The van der Waals surface area contributed by atoms with Crippen molar-refractivity contribution in [2.45, 2.75) is 26.2 Å². The number of aromatic nitrogens is 1. The first kappa shape index (κ1) is 12.7. The minimum Gasteiger partial charge on any atom is -0.236 e. The highest BCUT2D eigenvalue weighted by atomic mass is 35.5. The van der Waals surface area contributed by atoms with Crippen molar-refractivity contribution in [3.8, 4) is 0 Å². The van der Waals surface area contributed by atoms with Crippen LogP contribution in [0.1, 0.15) is 24.5 Å². The van der Waals surface area contributed by atoms with Crippen LogP contribution in [0.25, 0.3) is 10.9 Å². The van der Waals surface area contributed by atoms with E-state index in [0.29, 0.717) is 11.0 Å². The van der Waals surface area contributed by atoms with Crippen LogP contribution >= 0.6 is 23.2 Å². The van der Waals surface area contributed by atoms with Crippen molar-refractivity contribution >= 4 is 34.1 Å². The van der Waals surface area contributed by atoms with Gasteiger partial charge in [0.05, 0.1) is 5.52 Å². The number of fused-ring (bicyclic) bond motifs is 1. The van der Waals surface area contributed by atoms with Crippen LogP contribution in [-0.2, 0) is 12.8 Å². The zero-order valence-electron chi connectivity index (χ0n) is 9.84. The monoisotopic (exact) mass is 267 g/mol. The largest absolute Gasteiger partial charge is 0.236 e. The van der Waals surface area contributed by atoms with Crippen LogP contribution in [0.4, 0.5) is 0 Å². The maximum atomic E-state index is 6.16. The van der Waals surface area contributed by atoms with Gasteiger partial charge in [-0.2, -0.15) is 0 Å². The lowest BCUT2D eigenvalue weighted by atomic mass is 10.1. The fraction of sp³-hybridized carbons (Fsp3) is 0.357. The van der Waals surface area contributed by atoms with Crippen molar-refractivity contribution in [1.82, 2.24) is 4.98 Å². The molecular weight excluding hydrogens is 253 g/mol. The predicted octanol–water partition coefficient (Wildman–Crippen LogP) is 4.62. The Hall–Kier alpha value is -0.790. The van der Waals surface area contributed by atoms with Gasteiger partial charge in [-0.1, -0.05) is 24.6 Å². The van der Waals surface area contributed by atoms with Crippen molar-refractivity contribution in [2.24, 2.45) is 0 Å². The quantitative estimate of drug-likeness (QED) is 0.582. The van der Waals surface area contributed by atoms with Gasteiger partial charge in [0.25, 0.3) is 0 Å². The Morgan fingerprint density at radius 1 is 1.24 bits per heavy atom. The first-order chi connectivity index (χ1) is 8.24. The van der Waals surface area contributed by atoms with E-state index in [9.17, 15) is 0 Å². The minimum atomic E-state index is 0.604. The molecule has 2 aromatic rings. The normalized spacial score (nSPS) is 11.0. The average Bonchev–Trinajstić information content (AvgIpc) is 2.35. The third-order valence-corrected chi connectivity index (χ3v) is 3.49. The zero-order valence-corrected chi connectivity index (χ0v) is 11.4. The van der Waals surface area contributed by atoms with Crippen molar-refractivity contribution in [2.75, 3.05) is 5.88 Å². The summed E-state index contributed by atoms with van der Waals surface area (Å²) < 4.78 is 0. The Kier molecular flexibility index (Phi) is 4.25. The number of hydrogen-bond acceptors (Lipinski definition) is 1. The summed E-state index contributed by atoms with van der Waals surface area (Å²) in [6.07, 6.45) is 2.86. The van der Waals surface area contributed by atoms with Gasteiger partial charge in [-0.3, -0.25) is 0 Å². The van der Waals surface area contributed by atoms with Crippen LogP contribution < -0.4 is 0 Å². The number of halogens is 2. The maximum absolute atomic E-state index is 6.16. The van der Waals surface area contributed by atoms with Crippen LogP contribution in [0, 0.1) is 0 Å². The molecule has 0 fully saturated rings. The van der Waals surface area contributed by atoms with Crippen molar-refractivity contribution in [3.05, 3.63) is 40.5 Å². The van der Waals surface area contributed by atoms with Gasteiger partial charge >= 0.3 is 0 Å². The Labute approximate surface area is 112 Å². The van der Waals surface area contributed by atoms with Gasteiger partial charge in [0, 0.05) is 11.3 Å². The summed E-state index contributed by atoms with van der Waals surface area (Å²) in [5.74, 6) is 0.656. The topological polar surface area (TPSA) is 12.9 Å². The highest BCUT2D eigenvalue weighted by molar-refractivity contribution is 6.30. The molecule has 3 heteroatoms. The smallest absolute Gasteiger partial charge is 0.132 e. The van der Waals surface area contributed by atoms with Gasteiger partial charge in [0.1, 0.15) is 5.15 Å². The first-order valence-electron chi connectivity index (χ1n) is 5.88. The summed E-state index contributed by atoms with van der Waals surface area (Å²) in [5.41, 5.74) is 3.37. The summed E-state index contributed by atoms with van der Waals surface area (Å²) in [6, 6.07) is 8.45. The summed E-state index contributed by atoms with van der Waals surface area (Å²) in [4.78, 5) is 4.43. The molecule has 0 saturated heterocycles. The van der Waals surface area contributed by atoms with Crippen LogP contribution in [0.3, 0.4) is 0 Å². The van der Waals surface area contributed by atoms with Crippen molar-refractivity contribution in [3.63, 3.8) is 0 Å². The fourth-order valence-corrected chi connectivity index (χ4v) is 2.27. The van der Waals surface area contributed by atoms with E-state index in [1.807, 2.05) is 6.07 Å². The highest BCUT2D eigenvalue weighted by Crippen LogP contribution is 2.23. The summed E-state index contributed by atoms with van der Waals surface area (Å²) in [5, 5.41) is 1.77. The molecular formula is C14H15Cl2N. The van der Waals surface area contributed by atoms with Gasteiger partial charge in [0.2, 0.25) is 0 Å². The van der Waals surface area contributed by atoms with Crippen LogP contribution in [0.15, 0.2) is 24.3 Å². The molecule has 0 bridgehead atoms. The number of alkyl halides is 1. The Bertz CT molecular complexity index is 523. The molecule has 90 valence electrons. The molecule has 0 amide bonds. The lowest BCUT2D eigenvalue weighted by molar-refractivity contribution is 0.924. The summed E-state index contributed by atoms with van der Waals surface area (Å²) in [6.45, 7) is 2.15. The second kappa shape index (κ2) is 5.70. The molecule has 1 aromatic carbocycles. The third kappa shape index (κ3) is 2.91. The molecule has 0 aliphatic heterocycles. The standard InChI is InChI=1S/C14H15Cl2N/c1-2-10-5-6-13-12(8-10)9-11(4-3-7-15)14(16)17-13/h5-6,8-9H,2-4,7H2,1H3. The summed E-state index contributed by atoms with van der Waals surface area (Å²) >= 11 is 11.9. The first-order valence-corrected chi connectivity index (χ1v) is 6.80. The SMILES string of the molecule is CCc1ccc2nc(Cl)c(CCCCl)cc2c1. The third-order valence-electron chi connectivity index (χ3n) is 2.89. The van der Waals surface area contributed by atoms with Crippen LogP contribution in [0.5, 0.6) is 0 Å². The van der Waals surface area contributed by atoms with Gasteiger partial charge in [-0.05, 0) is 48.6 Å². The molecule has 0 aliphatic rings. The predicted molar refractivity (Wildman–Crippen MR) is 75.2 cm³/mol. The highest BCUT2D eigenvalue weighted by Gasteiger charge is 2.05. The van der Waals surface area contributed by atoms with Gasteiger partial charge in [0.15, 0.2) is 0 Å². The minimum absolute atomic E-state index is 0.604. The van der Waals surface area contributed by atoms with E-state index in [4.69, 9.17) is 23.2 Å². The van der Waals surface area contributed by atoms with E-state index in [2.05, 4.69) is 30.1 Å². The average molecular weight is 268 g/mol. The molecule has 0 radical (unpaired) electrons. The Morgan fingerprint density at radius 3 is 2.76 bits per heavy atom. The van der Waals surface area contributed by atoms with Crippen LogP contribution in [0.2, 0.25) is 5.15 Å². The van der Waals surface area contributed by atoms with Crippen molar-refractivity contribution in [1.29, 1.82) is 0 Å². The lowest BCUT2D eigenvalue weighted by Crippen LogP contribution is -1.92. The lowest BCUT2D eigenvalue weighted by Gasteiger charge is -2.06. The second-order valence-corrected chi connectivity index (χ2v) is 4.85. The van der Waals surface area contributed by atoms with Gasteiger partial charge < -0.3 is 0 Å². The van der Waals surface area contributed by atoms with E-state index >= 15 is 0 Å². The van der Waals surface area contributed by atoms with E-state index in [1.54, 1.807) is 0 Å². The molecule has 0 N–H and O–H groups in total. The Balaban J connectivity index is 2.44. The number of nitrogens with zero attached hydrogens (tertiary/aromatic N) is 1.